The van der Waals surface area contributed by atoms with Gasteiger partial charge < -0.3 is 19.8 Å². The number of ether oxygens (including phenoxy) is 1. The molecule has 0 spiro atoms. The first kappa shape index (κ1) is 24.2. The summed E-state index contributed by atoms with van der Waals surface area (Å²) >= 11 is 0. The van der Waals surface area contributed by atoms with Crippen LogP contribution in [0.4, 0.5) is 0 Å². The predicted molar refractivity (Wildman–Crippen MR) is 123 cm³/mol. The lowest BCUT2D eigenvalue weighted by molar-refractivity contribution is 0.379. The molecule has 2 heterocycles. The quantitative estimate of drug-likeness (QED) is 0.355. The second-order valence-corrected chi connectivity index (χ2v) is 7.46. The summed E-state index contributed by atoms with van der Waals surface area (Å²) in [6, 6.07) is 0. The number of oxazole rings is 1. The molecule has 156 valence electrons. The monoisotopic (exact) mass is 501 g/mol. The molecule has 2 N–H and O–H groups in total. The van der Waals surface area contributed by atoms with Gasteiger partial charge in [-0.1, -0.05) is 20.8 Å². The molecular formula is C20H32IN5O2. The molecule has 2 rings (SSSR count). The van der Waals surface area contributed by atoms with Gasteiger partial charge in [0, 0.05) is 29.3 Å². The van der Waals surface area contributed by atoms with Gasteiger partial charge >= 0.3 is 0 Å². The van der Waals surface area contributed by atoms with E-state index < -0.39 is 0 Å². The lowest BCUT2D eigenvalue weighted by Crippen LogP contribution is -2.36. The first-order chi connectivity index (χ1) is 12.8. The number of aryl methyl sites for hydroxylation is 1. The van der Waals surface area contributed by atoms with Crippen molar-refractivity contribution >= 4 is 29.9 Å². The molecule has 0 aromatic carbocycles. The summed E-state index contributed by atoms with van der Waals surface area (Å²) in [5, 5.41) is 6.49. The number of nitrogens with zero attached hydrogens (tertiary/aromatic N) is 3. The molecule has 0 aliphatic rings. The largest absolute Gasteiger partial charge is 0.496 e. The zero-order valence-electron chi connectivity index (χ0n) is 17.8. The molecule has 0 atom stereocenters. The van der Waals surface area contributed by atoms with Crippen LogP contribution in [-0.2, 0) is 18.5 Å². The molecule has 0 radical (unpaired) electrons. The van der Waals surface area contributed by atoms with Crippen molar-refractivity contribution in [2.45, 2.75) is 60.0 Å². The highest BCUT2D eigenvalue weighted by molar-refractivity contribution is 14.0. The minimum Gasteiger partial charge on any atom is -0.496 e. The highest BCUT2D eigenvalue weighted by Crippen LogP contribution is 2.24. The Morgan fingerprint density at radius 2 is 1.89 bits per heavy atom. The van der Waals surface area contributed by atoms with E-state index in [-0.39, 0.29) is 29.4 Å². The molecular weight excluding hydrogens is 469 g/mol. The maximum Gasteiger partial charge on any atom is 0.213 e. The van der Waals surface area contributed by atoms with Crippen LogP contribution in [0, 0.1) is 13.8 Å². The van der Waals surface area contributed by atoms with Crippen molar-refractivity contribution < 1.29 is 9.15 Å². The Hall–Kier alpha value is -1.84. The van der Waals surface area contributed by atoms with Crippen LogP contribution in [0.5, 0.6) is 5.75 Å². The molecule has 0 unspecified atom stereocenters. The number of methoxy groups -OCH3 is 1. The summed E-state index contributed by atoms with van der Waals surface area (Å²) in [5.41, 5.74) is 2.86. The molecule has 0 saturated carbocycles. The second kappa shape index (κ2) is 10.6. The molecule has 0 bridgehead atoms. The van der Waals surface area contributed by atoms with Crippen molar-refractivity contribution in [3.63, 3.8) is 0 Å². The fourth-order valence-corrected chi connectivity index (χ4v) is 2.62. The third kappa shape index (κ3) is 6.35. The van der Waals surface area contributed by atoms with Gasteiger partial charge in [0.15, 0.2) is 5.96 Å². The summed E-state index contributed by atoms with van der Waals surface area (Å²) in [4.78, 5) is 13.5. The van der Waals surface area contributed by atoms with Crippen LogP contribution >= 0.6 is 24.0 Å². The van der Waals surface area contributed by atoms with E-state index in [1.54, 1.807) is 13.3 Å². The molecule has 7 nitrogen and oxygen atoms in total. The van der Waals surface area contributed by atoms with E-state index in [1.807, 2.05) is 27.0 Å². The molecule has 0 saturated heterocycles. The number of guanidine groups is 1. The average Bonchev–Trinajstić information content (AvgIpc) is 3.08. The number of halogens is 1. The highest BCUT2D eigenvalue weighted by atomic mass is 127. The third-order valence-electron chi connectivity index (χ3n) is 4.18. The average molecular weight is 501 g/mol. The van der Waals surface area contributed by atoms with E-state index in [1.165, 1.54) is 0 Å². The Bertz CT molecular complexity index is 796. The van der Waals surface area contributed by atoms with Gasteiger partial charge in [0.1, 0.15) is 11.5 Å². The SMILES string of the molecule is CCNC(=NCc1ncc(C)c(OC)c1C)NCc1ncc(C(C)(C)C)o1.I. The molecule has 28 heavy (non-hydrogen) atoms. The van der Waals surface area contributed by atoms with Crippen molar-refractivity contribution in [3.8, 4) is 5.75 Å². The van der Waals surface area contributed by atoms with Crippen LogP contribution in [0.25, 0.3) is 0 Å². The number of hydrogen-bond donors (Lipinski definition) is 2. The minimum absolute atomic E-state index is 0. The topological polar surface area (TPSA) is 84.6 Å². The Kier molecular flexibility index (Phi) is 9.19. The third-order valence-corrected chi connectivity index (χ3v) is 4.18. The number of aromatic nitrogens is 2. The molecule has 2 aromatic heterocycles. The van der Waals surface area contributed by atoms with Crippen LogP contribution in [0.1, 0.15) is 56.2 Å². The smallest absolute Gasteiger partial charge is 0.213 e. The van der Waals surface area contributed by atoms with Gasteiger partial charge in [-0.25, -0.2) is 9.98 Å². The first-order valence-corrected chi connectivity index (χ1v) is 9.22. The molecule has 8 heteroatoms. The molecule has 2 aromatic rings. The fourth-order valence-electron chi connectivity index (χ4n) is 2.62. The predicted octanol–water partition coefficient (Wildman–Crippen LogP) is 3.87. The fraction of sp³-hybridized carbons (Fsp3) is 0.550. The number of rotatable bonds is 6. The van der Waals surface area contributed by atoms with E-state index >= 15 is 0 Å². The van der Waals surface area contributed by atoms with Gasteiger partial charge in [0.2, 0.25) is 5.89 Å². The lowest BCUT2D eigenvalue weighted by Gasteiger charge is -2.14. The Labute approximate surface area is 184 Å². The van der Waals surface area contributed by atoms with Crippen molar-refractivity contribution in [1.82, 2.24) is 20.6 Å². The molecule has 0 fully saturated rings. The first-order valence-electron chi connectivity index (χ1n) is 9.22. The van der Waals surface area contributed by atoms with Crippen LogP contribution in [0.15, 0.2) is 21.8 Å². The summed E-state index contributed by atoms with van der Waals surface area (Å²) < 4.78 is 11.3. The van der Waals surface area contributed by atoms with Crippen molar-refractivity contribution in [3.05, 3.63) is 40.9 Å². The van der Waals surface area contributed by atoms with Crippen LogP contribution in [-0.4, -0.2) is 29.6 Å². The van der Waals surface area contributed by atoms with Gasteiger partial charge in [-0.3, -0.25) is 4.98 Å². The summed E-state index contributed by atoms with van der Waals surface area (Å²) in [5.74, 6) is 3.06. The molecule has 0 aliphatic heterocycles. The van der Waals surface area contributed by atoms with E-state index in [9.17, 15) is 0 Å². The minimum atomic E-state index is -0.0580. The van der Waals surface area contributed by atoms with Gasteiger partial charge in [0.05, 0.1) is 32.1 Å². The molecule has 0 amide bonds. The van der Waals surface area contributed by atoms with E-state index in [0.717, 1.165) is 34.9 Å². The number of hydrogen-bond acceptors (Lipinski definition) is 5. The van der Waals surface area contributed by atoms with Crippen molar-refractivity contribution in [2.24, 2.45) is 4.99 Å². The lowest BCUT2D eigenvalue weighted by atomic mass is 9.94. The van der Waals surface area contributed by atoms with Gasteiger partial charge in [-0.2, -0.15) is 0 Å². The highest BCUT2D eigenvalue weighted by Gasteiger charge is 2.19. The maximum absolute atomic E-state index is 5.82. The second-order valence-electron chi connectivity index (χ2n) is 7.46. The summed E-state index contributed by atoms with van der Waals surface area (Å²) in [6.45, 7) is 14.0. The van der Waals surface area contributed by atoms with E-state index in [2.05, 4.69) is 46.4 Å². The van der Waals surface area contributed by atoms with E-state index in [0.29, 0.717) is 24.9 Å². The summed E-state index contributed by atoms with van der Waals surface area (Å²) in [6.07, 6.45) is 3.60. The van der Waals surface area contributed by atoms with Gasteiger partial charge in [-0.05, 0) is 20.8 Å². The maximum atomic E-state index is 5.82. The van der Waals surface area contributed by atoms with Crippen molar-refractivity contribution in [1.29, 1.82) is 0 Å². The van der Waals surface area contributed by atoms with Gasteiger partial charge in [0.25, 0.3) is 0 Å². The standard InChI is InChI=1S/C20H31N5O2.HI/c1-8-21-19(25-12-17-23-11-16(27-17)20(4,5)6)24-10-15-14(3)18(26-7)13(2)9-22-15;/h9,11H,8,10,12H2,1-7H3,(H2,21,24,25);1H. The van der Waals surface area contributed by atoms with Gasteiger partial charge in [-0.15, -0.1) is 24.0 Å². The number of nitrogens with one attached hydrogen (secondary N) is 2. The Balaban J connectivity index is 0.00000392. The number of aliphatic imine (C=N–C) groups is 1. The zero-order chi connectivity index (χ0) is 20.0. The number of pyridine rings is 1. The van der Waals surface area contributed by atoms with Crippen LogP contribution in [0.2, 0.25) is 0 Å². The van der Waals surface area contributed by atoms with Crippen LogP contribution < -0.4 is 15.4 Å². The van der Waals surface area contributed by atoms with Crippen molar-refractivity contribution in [2.75, 3.05) is 13.7 Å². The Morgan fingerprint density at radius 1 is 1.18 bits per heavy atom. The molecule has 0 aliphatic carbocycles. The normalized spacial score (nSPS) is 11.8. The van der Waals surface area contributed by atoms with Crippen LogP contribution in [0.3, 0.4) is 0 Å². The zero-order valence-corrected chi connectivity index (χ0v) is 20.2. The van der Waals surface area contributed by atoms with E-state index in [4.69, 9.17) is 9.15 Å². The summed E-state index contributed by atoms with van der Waals surface area (Å²) in [7, 11) is 1.68. The Morgan fingerprint density at radius 3 is 2.46 bits per heavy atom.